The Bertz CT molecular complexity index is 179. The lowest BCUT2D eigenvalue weighted by molar-refractivity contribution is 0.0146. The lowest BCUT2D eigenvalue weighted by Gasteiger charge is -2.32. The molecule has 0 aromatic carbocycles. The maximum atomic E-state index is 9.89. The van der Waals surface area contributed by atoms with E-state index in [1.165, 1.54) is 19.3 Å². The Morgan fingerprint density at radius 2 is 2.00 bits per heavy atom. The van der Waals surface area contributed by atoms with Crippen LogP contribution in [-0.4, -0.2) is 10.7 Å². The number of aliphatic hydroxyl groups is 1. The second-order valence-corrected chi connectivity index (χ2v) is 3.72. The minimum atomic E-state index is -1.04. The largest absolute Gasteiger partial charge is 0.375 e. The molecule has 1 aliphatic rings. The van der Waals surface area contributed by atoms with E-state index in [2.05, 4.69) is 6.07 Å². The average Bonchev–Trinajstić information content (AvgIpc) is 2.18. The molecule has 0 aromatic rings. The van der Waals surface area contributed by atoms with E-state index in [9.17, 15) is 5.11 Å². The molecule has 0 aliphatic heterocycles. The summed E-state index contributed by atoms with van der Waals surface area (Å²) in [5.74, 6) is 0.223. The van der Waals surface area contributed by atoms with Crippen LogP contribution in [0.2, 0.25) is 0 Å². The lowest BCUT2D eigenvalue weighted by Crippen LogP contribution is -2.36. The van der Waals surface area contributed by atoms with Gasteiger partial charge in [-0.05, 0) is 19.3 Å². The van der Waals surface area contributed by atoms with Crippen LogP contribution in [0.1, 0.15) is 45.4 Å². The summed E-state index contributed by atoms with van der Waals surface area (Å²) in [6.45, 7) is 1.89. The highest BCUT2D eigenvalue weighted by atomic mass is 16.3. The summed E-state index contributed by atoms with van der Waals surface area (Å²) in [7, 11) is 0. The maximum Gasteiger partial charge on any atom is 0.153 e. The molecule has 0 spiro atoms. The standard InChI is InChI=1S/C10H17NO/c1-2-10(12,8-11)9-6-4-3-5-7-9/h9,12H,2-7H2,1H3. The molecule has 1 aliphatic carbocycles. The van der Waals surface area contributed by atoms with E-state index in [-0.39, 0.29) is 5.92 Å². The SMILES string of the molecule is CCC(O)(C#N)C1CCCCC1. The van der Waals surface area contributed by atoms with Gasteiger partial charge in [-0.3, -0.25) is 0 Å². The van der Waals surface area contributed by atoms with Crippen molar-refractivity contribution in [2.24, 2.45) is 5.92 Å². The highest BCUT2D eigenvalue weighted by Gasteiger charge is 2.35. The van der Waals surface area contributed by atoms with Gasteiger partial charge in [-0.1, -0.05) is 26.2 Å². The summed E-state index contributed by atoms with van der Waals surface area (Å²) in [5.41, 5.74) is -1.04. The third kappa shape index (κ3) is 1.78. The Balaban J connectivity index is 2.59. The molecule has 1 atom stereocenters. The van der Waals surface area contributed by atoms with Crippen molar-refractivity contribution in [3.05, 3.63) is 0 Å². The van der Waals surface area contributed by atoms with E-state index in [1.54, 1.807) is 0 Å². The van der Waals surface area contributed by atoms with Crippen molar-refractivity contribution in [3.8, 4) is 6.07 Å². The zero-order valence-corrected chi connectivity index (χ0v) is 7.71. The fourth-order valence-electron chi connectivity index (χ4n) is 2.04. The third-order valence-corrected chi connectivity index (χ3v) is 3.01. The first kappa shape index (κ1) is 9.54. The molecule has 0 heterocycles. The van der Waals surface area contributed by atoms with Crippen molar-refractivity contribution in [3.63, 3.8) is 0 Å². The predicted octanol–water partition coefficient (Wildman–Crippen LogP) is 2.23. The molecule has 0 amide bonds. The zero-order valence-electron chi connectivity index (χ0n) is 7.71. The minimum Gasteiger partial charge on any atom is -0.375 e. The molecule has 0 bridgehead atoms. The van der Waals surface area contributed by atoms with Crippen molar-refractivity contribution in [2.75, 3.05) is 0 Å². The van der Waals surface area contributed by atoms with Gasteiger partial charge in [-0.25, -0.2) is 0 Å². The van der Waals surface area contributed by atoms with E-state index in [0.29, 0.717) is 6.42 Å². The molecular formula is C10H17NO. The molecule has 68 valence electrons. The number of nitrogens with zero attached hydrogens (tertiary/aromatic N) is 1. The van der Waals surface area contributed by atoms with Crippen molar-refractivity contribution in [1.29, 1.82) is 5.26 Å². The Hall–Kier alpha value is -0.550. The number of hydrogen-bond donors (Lipinski definition) is 1. The van der Waals surface area contributed by atoms with Gasteiger partial charge in [0.1, 0.15) is 0 Å². The van der Waals surface area contributed by atoms with Crippen LogP contribution in [0.3, 0.4) is 0 Å². The van der Waals surface area contributed by atoms with Crippen LogP contribution < -0.4 is 0 Å². The molecule has 12 heavy (non-hydrogen) atoms. The third-order valence-electron chi connectivity index (χ3n) is 3.01. The molecule has 0 saturated heterocycles. The van der Waals surface area contributed by atoms with Gasteiger partial charge in [0.25, 0.3) is 0 Å². The molecule has 2 nitrogen and oxygen atoms in total. The average molecular weight is 167 g/mol. The summed E-state index contributed by atoms with van der Waals surface area (Å²) in [6, 6.07) is 2.05. The zero-order chi connectivity index (χ0) is 9.03. The van der Waals surface area contributed by atoms with Gasteiger partial charge in [-0.2, -0.15) is 5.26 Å². The molecule has 0 radical (unpaired) electrons. The smallest absolute Gasteiger partial charge is 0.153 e. The fraction of sp³-hybridized carbons (Fsp3) is 0.900. The van der Waals surface area contributed by atoms with E-state index in [0.717, 1.165) is 12.8 Å². The topological polar surface area (TPSA) is 44.0 Å². The van der Waals surface area contributed by atoms with Gasteiger partial charge in [0, 0.05) is 5.92 Å². The Morgan fingerprint density at radius 1 is 1.42 bits per heavy atom. The number of nitriles is 1. The maximum absolute atomic E-state index is 9.89. The normalized spacial score (nSPS) is 24.4. The monoisotopic (exact) mass is 167 g/mol. The van der Waals surface area contributed by atoms with Crippen LogP contribution in [0.25, 0.3) is 0 Å². The van der Waals surface area contributed by atoms with Crippen LogP contribution >= 0.6 is 0 Å². The first-order valence-electron chi connectivity index (χ1n) is 4.86. The van der Waals surface area contributed by atoms with Crippen LogP contribution in [-0.2, 0) is 0 Å². The van der Waals surface area contributed by atoms with E-state index in [1.807, 2.05) is 6.92 Å². The summed E-state index contributed by atoms with van der Waals surface area (Å²) >= 11 is 0. The van der Waals surface area contributed by atoms with Gasteiger partial charge in [0.05, 0.1) is 6.07 Å². The first-order valence-corrected chi connectivity index (χ1v) is 4.86. The van der Waals surface area contributed by atoms with Gasteiger partial charge in [0.2, 0.25) is 0 Å². The molecule has 1 fully saturated rings. The van der Waals surface area contributed by atoms with Gasteiger partial charge >= 0.3 is 0 Å². The van der Waals surface area contributed by atoms with Gasteiger partial charge in [0.15, 0.2) is 5.60 Å². The second kappa shape index (κ2) is 3.91. The predicted molar refractivity (Wildman–Crippen MR) is 47.4 cm³/mol. The van der Waals surface area contributed by atoms with Crippen molar-refractivity contribution in [2.45, 2.75) is 51.0 Å². The first-order chi connectivity index (χ1) is 5.73. The number of rotatable bonds is 2. The summed E-state index contributed by atoms with van der Waals surface area (Å²) in [4.78, 5) is 0. The Kier molecular flexibility index (Phi) is 3.11. The molecule has 2 heteroatoms. The Morgan fingerprint density at radius 3 is 2.42 bits per heavy atom. The summed E-state index contributed by atoms with van der Waals surface area (Å²) in [6.07, 6.45) is 6.23. The van der Waals surface area contributed by atoms with E-state index in [4.69, 9.17) is 5.26 Å². The van der Waals surface area contributed by atoms with Gasteiger partial charge < -0.3 is 5.11 Å². The minimum absolute atomic E-state index is 0.223. The highest BCUT2D eigenvalue weighted by molar-refractivity contribution is 5.04. The van der Waals surface area contributed by atoms with Crippen molar-refractivity contribution < 1.29 is 5.11 Å². The van der Waals surface area contributed by atoms with E-state index >= 15 is 0 Å². The quantitative estimate of drug-likeness (QED) is 0.641. The van der Waals surface area contributed by atoms with Crippen LogP contribution in [0.15, 0.2) is 0 Å². The molecule has 1 rings (SSSR count). The van der Waals surface area contributed by atoms with Gasteiger partial charge in [-0.15, -0.1) is 0 Å². The highest BCUT2D eigenvalue weighted by Crippen LogP contribution is 2.34. The second-order valence-electron chi connectivity index (χ2n) is 3.72. The Labute approximate surface area is 74.2 Å². The van der Waals surface area contributed by atoms with Crippen LogP contribution in [0, 0.1) is 17.2 Å². The lowest BCUT2D eigenvalue weighted by atomic mass is 9.76. The molecule has 0 aromatic heterocycles. The fourth-order valence-corrected chi connectivity index (χ4v) is 2.04. The number of hydrogen-bond acceptors (Lipinski definition) is 2. The van der Waals surface area contributed by atoms with Crippen LogP contribution in [0.4, 0.5) is 0 Å². The molecular weight excluding hydrogens is 150 g/mol. The summed E-state index contributed by atoms with van der Waals surface area (Å²) < 4.78 is 0. The molecule has 1 N–H and O–H groups in total. The summed E-state index contributed by atoms with van der Waals surface area (Å²) in [5, 5.41) is 18.7. The van der Waals surface area contributed by atoms with Crippen molar-refractivity contribution in [1.82, 2.24) is 0 Å². The van der Waals surface area contributed by atoms with E-state index < -0.39 is 5.60 Å². The van der Waals surface area contributed by atoms with Crippen LogP contribution in [0.5, 0.6) is 0 Å². The molecule has 1 saturated carbocycles. The molecule has 1 unspecified atom stereocenters. The van der Waals surface area contributed by atoms with Crippen molar-refractivity contribution >= 4 is 0 Å².